The molecule has 1 N–H and O–H groups in total. The predicted molar refractivity (Wildman–Crippen MR) is 114 cm³/mol. The number of aryl methyl sites for hydroxylation is 2. The van der Waals surface area contributed by atoms with Crippen molar-refractivity contribution < 1.29 is 4.79 Å². The van der Waals surface area contributed by atoms with E-state index in [4.69, 9.17) is 0 Å². The second-order valence-electron chi connectivity index (χ2n) is 6.47. The van der Waals surface area contributed by atoms with Gasteiger partial charge in [0.1, 0.15) is 0 Å². The highest BCUT2D eigenvalue weighted by Crippen LogP contribution is 2.34. The second kappa shape index (κ2) is 8.74. The molecule has 0 radical (unpaired) electrons. The number of hydrogen-bond acceptors (Lipinski definition) is 6. The molecule has 0 aliphatic rings. The maximum absolute atomic E-state index is 12.4. The van der Waals surface area contributed by atoms with Gasteiger partial charge in [0.2, 0.25) is 5.91 Å². The number of hydrogen-bond donors (Lipinski definition) is 1. The van der Waals surface area contributed by atoms with E-state index in [2.05, 4.69) is 15.2 Å². The Labute approximate surface area is 171 Å². The van der Waals surface area contributed by atoms with Crippen LogP contribution in [0.1, 0.15) is 37.1 Å². The van der Waals surface area contributed by atoms with Gasteiger partial charge in [0, 0.05) is 24.6 Å². The van der Waals surface area contributed by atoms with Gasteiger partial charge in [-0.05, 0) is 31.4 Å². The number of thioether (sulfide) groups is 1. The molecule has 0 fully saturated rings. The molecule has 0 saturated heterocycles. The van der Waals surface area contributed by atoms with Crippen LogP contribution in [-0.2, 0) is 17.1 Å². The molecular weight excluding hydrogens is 394 g/mol. The third-order valence-electron chi connectivity index (χ3n) is 4.23. The fraction of sp³-hybridized carbons (Fsp3) is 0.368. The van der Waals surface area contributed by atoms with Crippen LogP contribution >= 0.6 is 23.1 Å². The summed E-state index contributed by atoms with van der Waals surface area (Å²) in [5, 5.41) is 9.83. The number of nitrogens with one attached hydrogen (secondary N) is 1. The molecule has 0 aliphatic heterocycles. The Bertz CT molecular complexity index is 1020. The van der Waals surface area contributed by atoms with Crippen molar-refractivity contribution in [1.29, 1.82) is 0 Å². The van der Waals surface area contributed by atoms with Crippen LogP contribution < -0.4 is 10.6 Å². The maximum Gasteiger partial charge on any atom is 0.343 e. The first-order valence-corrected chi connectivity index (χ1v) is 10.9. The van der Waals surface area contributed by atoms with E-state index in [0.29, 0.717) is 22.6 Å². The molecule has 0 unspecified atom stereocenters. The molecule has 2 aromatic heterocycles. The van der Waals surface area contributed by atoms with E-state index in [9.17, 15) is 9.59 Å². The van der Waals surface area contributed by atoms with Crippen LogP contribution in [0.4, 0.5) is 10.8 Å². The Hall–Kier alpha value is -2.39. The third-order valence-corrected chi connectivity index (χ3v) is 6.11. The molecule has 148 valence electrons. The average Bonchev–Trinajstić information content (AvgIpc) is 3.24. The molecule has 3 rings (SSSR count). The van der Waals surface area contributed by atoms with E-state index < -0.39 is 0 Å². The number of rotatable bonds is 7. The molecule has 0 bridgehead atoms. The van der Waals surface area contributed by atoms with E-state index in [1.54, 1.807) is 16.4 Å². The van der Waals surface area contributed by atoms with Gasteiger partial charge >= 0.3 is 5.69 Å². The first kappa shape index (κ1) is 20.3. The van der Waals surface area contributed by atoms with Gasteiger partial charge in [0.25, 0.3) is 0 Å². The van der Waals surface area contributed by atoms with E-state index in [1.807, 2.05) is 44.4 Å². The summed E-state index contributed by atoms with van der Waals surface area (Å²) in [6, 6.07) is 5.97. The van der Waals surface area contributed by atoms with E-state index in [1.165, 1.54) is 23.1 Å². The number of aromatic amines is 1. The van der Waals surface area contributed by atoms with Gasteiger partial charge in [0.05, 0.1) is 11.4 Å². The molecular formula is C19H23N5O2S2. The van der Waals surface area contributed by atoms with Gasteiger partial charge < -0.3 is 0 Å². The van der Waals surface area contributed by atoms with Gasteiger partial charge in [-0.3, -0.25) is 14.3 Å². The maximum atomic E-state index is 12.4. The first-order chi connectivity index (χ1) is 13.4. The minimum absolute atomic E-state index is 0.0740. The minimum Gasteiger partial charge on any atom is -0.274 e. The Kier molecular flexibility index (Phi) is 6.35. The van der Waals surface area contributed by atoms with Gasteiger partial charge in [-0.25, -0.2) is 14.9 Å². The summed E-state index contributed by atoms with van der Waals surface area (Å²) < 4.78 is 1.64. The van der Waals surface area contributed by atoms with Gasteiger partial charge in [-0.15, -0.1) is 16.4 Å². The highest BCUT2D eigenvalue weighted by Gasteiger charge is 2.21. The molecule has 0 spiro atoms. The lowest BCUT2D eigenvalue weighted by Gasteiger charge is -2.22. The summed E-state index contributed by atoms with van der Waals surface area (Å²) in [4.78, 5) is 30.5. The average molecular weight is 418 g/mol. The monoisotopic (exact) mass is 417 g/mol. The van der Waals surface area contributed by atoms with Crippen LogP contribution in [0.5, 0.6) is 0 Å². The van der Waals surface area contributed by atoms with E-state index in [-0.39, 0.29) is 11.6 Å². The SMILES string of the molecule is CCCn1c(SCc2csc(N(C(C)=O)c3c(C)cccc3C)n2)n[nH]c1=O. The van der Waals surface area contributed by atoms with Crippen molar-refractivity contribution in [2.24, 2.45) is 0 Å². The summed E-state index contributed by atoms with van der Waals surface area (Å²) >= 11 is 2.89. The topological polar surface area (TPSA) is 83.9 Å². The molecule has 9 heteroatoms. The molecule has 3 aromatic rings. The normalized spacial score (nSPS) is 11.0. The van der Waals surface area contributed by atoms with Crippen LogP contribution in [-0.4, -0.2) is 25.7 Å². The number of carbonyl (C=O) groups is 1. The fourth-order valence-electron chi connectivity index (χ4n) is 2.98. The highest BCUT2D eigenvalue weighted by atomic mass is 32.2. The molecule has 0 saturated carbocycles. The lowest BCUT2D eigenvalue weighted by atomic mass is 10.1. The predicted octanol–water partition coefficient (Wildman–Crippen LogP) is 4.03. The summed E-state index contributed by atoms with van der Waals surface area (Å²) in [6.45, 7) is 8.18. The smallest absolute Gasteiger partial charge is 0.274 e. The number of anilines is 2. The van der Waals surface area contributed by atoms with Crippen LogP contribution in [0.15, 0.2) is 33.5 Å². The Balaban J connectivity index is 1.82. The van der Waals surface area contributed by atoms with Crippen LogP contribution in [0, 0.1) is 13.8 Å². The molecule has 7 nitrogen and oxygen atoms in total. The Morgan fingerprint density at radius 1 is 1.32 bits per heavy atom. The first-order valence-electron chi connectivity index (χ1n) is 9.01. The molecule has 28 heavy (non-hydrogen) atoms. The summed E-state index contributed by atoms with van der Waals surface area (Å²) in [7, 11) is 0. The molecule has 1 aromatic carbocycles. The van der Waals surface area contributed by atoms with Crippen molar-refractivity contribution >= 4 is 39.8 Å². The van der Waals surface area contributed by atoms with Gasteiger partial charge in [-0.2, -0.15) is 0 Å². The van der Waals surface area contributed by atoms with E-state index in [0.717, 1.165) is 28.9 Å². The quantitative estimate of drug-likeness (QED) is 0.587. The lowest BCUT2D eigenvalue weighted by Crippen LogP contribution is -2.24. The Morgan fingerprint density at radius 2 is 2.04 bits per heavy atom. The zero-order valence-corrected chi connectivity index (χ0v) is 18.0. The number of H-pyrrole nitrogens is 1. The van der Waals surface area contributed by atoms with Crippen LogP contribution in [0.2, 0.25) is 0 Å². The zero-order valence-electron chi connectivity index (χ0n) is 16.4. The van der Waals surface area contributed by atoms with E-state index >= 15 is 0 Å². The number of carbonyl (C=O) groups excluding carboxylic acids is 1. The summed E-state index contributed by atoms with van der Waals surface area (Å²) in [5.41, 5.74) is 3.59. The van der Waals surface area contributed by atoms with Crippen LogP contribution in [0.25, 0.3) is 0 Å². The van der Waals surface area contributed by atoms with Gasteiger partial charge in [-0.1, -0.05) is 36.9 Å². The van der Waals surface area contributed by atoms with Crippen molar-refractivity contribution in [3.63, 3.8) is 0 Å². The number of nitrogens with zero attached hydrogens (tertiary/aromatic N) is 4. The van der Waals surface area contributed by atoms with Crippen molar-refractivity contribution in [1.82, 2.24) is 19.7 Å². The largest absolute Gasteiger partial charge is 0.343 e. The Morgan fingerprint density at radius 3 is 2.68 bits per heavy atom. The minimum atomic E-state index is -0.193. The summed E-state index contributed by atoms with van der Waals surface area (Å²) in [6.07, 6.45) is 0.858. The fourth-order valence-corrected chi connectivity index (χ4v) is 4.83. The summed E-state index contributed by atoms with van der Waals surface area (Å²) in [5.74, 6) is 0.498. The molecule has 2 heterocycles. The third kappa shape index (κ3) is 4.20. The number of aromatic nitrogens is 4. The van der Waals surface area contributed by atoms with Crippen LogP contribution in [0.3, 0.4) is 0 Å². The van der Waals surface area contributed by atoms with Crippen molar-refractivity contribution in [3.8, 4) is 0 Å². The highest BCUT2D eigenvalue weighted by molar-refractivity contribution is 7.98. The molecule has 0 aliphatic carbocycles. The van der Waals surface area contributed by atoms with Gasteiger partial charge in [0.15, 0.2) is 10.3 Å². The second-order valence-corrected chi connectivity index (χ2v) is 8.25. The number of benzene rings is 1. The molecule has 0 atom stereocenters. The lowest BCUT2D eigenvalue weighted by molar-refractivity contribution is -0.115. The zero-order chi connectivity index (χ0) is 20.3. The van der Waals surface area contributed by atoms with Crippen molar-refractivity contribution in [2.75, 3.05) is 4.90 Å². The number of para-hydroxylation sites is 1. The van der Waals surface area contributed by atoms with Crippen molar-refractivity contribution in [2.45, 2.75) is 51.6 Å². The number of amides is 1. The standard InChI is InChI=1S/C19H23N5O2S2/c1-5-9-23-17(26)21-22-19(23)28-11-15-10-27-18(20-15)24(14(4)25)16-12(2)7-6-8-13(16)3/h6-8,10H,5,9,11H2,1-4H3,(H,21,26). The van der Waals surface area contributed by atoms with Crippen molar-refractivity contribution in [3.05, 3.63) is 50.9 Å². The number of thiazole rings is 1. The molecule has 1 amide bonds.